The second kappa shape index (κ2) is 11.6. The highest BCUT2D eigenvalue weighted by atomic mass is 32.2. The van der Waals surface area contributed by atoms with Crippen LogP contribution in [0.5, 0.6) is 0 Å². The number of hydrogen-bond acceptors (Lipinski definition) is 10. The normalized spacial score (nSPS) is 26.2. The minimum absolute atomic E-state index is 0.108. The summed E-state index contributed by atoms with van der Waals surface area (Å²) >= 11 is 0. The van der Waals surface area contributed by atoms with E-state index in [0.29, 0.717) is 44.7 Å². The number of likely N-dealkylation sites (tertiary alicyclic amines) is 1. The lowest BCUT2D eigenvalue weighted by atomic mass is 9.99. The number of anilines is 2. The number of aromatic nitrogens is 1. The molecule has 4 rings (SSSR count). The second-order valence-corrected chi connectivity index (χ2v) is 12.0. The third-order valence-corrected chi connectivity index (χ3v) is 9.68. The van der Waals surface area contributed by atoms with E-state index in [1.165, 1.54) is 0 Å². The van der Waals surface area contributed by atoms with Crippen LogP contribution in [0, 0.1) is 5.92 Å². The molecule has 0 saturated carbocycles. The number of piperazine rings is 1. The zero-order chi connectivity index (χ0) is 25.9. The smallest absolute Gasteiger partial charge is 0.233 e. The molecule has 1 aromatic rings. The van der Waals surface area contributed by atoms with Crippen molar-refractivity contribution in [3.8, 4) is 0 Å². The maximum atomic E-state index is 13.5. The molecule has 1 unspecified atom stereocenters. The van der Waals surface area contributed by atoms with Crippen LogP contribution in [0.25, 0.3) is 0 Å². The molecule has 0 aromatic carbocycles. The van der Waals surface area contributed by atoms with E-state index in [1.54, 1.807) is 22.8 Å². The fourth-order valence-electron chi connectivity index (χ4n) is 5.11. The monoisotopic (exact) mass is 527 g/mol. The highest BCUT2D eigenvalue weighted by Crippen LogP contribution is 2.28. The largest absolute Gasteiger partial charge is 0.367 e. The van der Waals surface area contributed by atoms with Crippen molar-refractivity contribution in [2.24, 2.45) is 17.4 Å². The molecule has 14 heteroatoms. The van der Waals surface area contributed by atoms with E-state index in [1.807, 2.05) is 11.9 Å². The van der Waals surface area contributed by atoms with Crippen LogP contribution in [0.1, 0.15) is 12.8 Å². The Morgan fingerprint density at radius 1 is 1.14 bits per heavy atom. The van der Waals surface area contributed by atoms with Crippen LogP contribution in [0.2, 0.25) is 0 Å². The molecule has 0 aliphatic carbocycles. The zero-order valence-corrected chi connectivity index (χ0v) is 21.5. The molecule has 3 fully saturated rings. The van der Waals surface area contributed by atoms with Gasteiger partial charge in [-0.25, -0.2) is 12.8 Å². The van der Waals surface area contributed by atoms with Crippen molar-refractivity contribution in [3.05, 3.63) is 18.5 Å². The Bertz CT molecular complexity index is 990. The molecule has 7 N–H and O–H groups in total. The Morgan fingerprint density at radius 3 is 2.39 bits per heavy atom. The summed E-state index contributed by atoms with van der Waals surface area (Å²) in [6.45, 7) is 3.52. The molecule has 0 radical (unpaired) electrons. The van der Waals surface area contributed by atoms with Crippen molar-refractivity contribution in [2.75, 3.05) is 69.6 Å². The van der Waals surface area contributed by atoms with Gasteiger partial charge in [0, 0.05) is 45.5 Å². The predicted octanol–water partition coefficient (Wildman–Crippen LogP) is -1.72. The number of pyridine rings is 1. The number of alkyl halides is 1. The maximum absolute atomic E-state index is 13.5. The topological polar surface area (TPSA) is 162 Å². The number of nitrogens with one attached hydrogen (secondary N) is 3. The quantitative estimate of drug-likeness (QED) is 0.258. The minimum Gasteiger partial charge on any atom is -0.367 e. The molecule has 36 heavy (non-hydrogen) atoms. The van der Waals surface area contributed by atoms with Gasteiger partial charge < -0.3 is 26.6 Å². The Labute approximate surface area is 212 Å². The number of nitrogens with two attached hydrogens (primary N) is 2. The average molecular weight is 528 g/mol. The Balaban J connectivity index is 1.40. The van der Waals surface area contributed by atoms with Crippen LogP contribution in [0.3, 0.4) is 0 Å². The van der Waals surface area contributed by atoms with Gasteiger partial charge in [0.15, 0.2) is 0 Å². The molecule has 0 spiro atoms. The number of piperidine rings is 1. The van der Waals surface area contributed by atoms with E-state index in [4.69, 9.17) is 11.5 Å². The van der Waals surface area contributed by atoms with Gasteiger partial charge in [-0.15, -0.1) is 0 Å². The van der Waals surface area contributed by atoms with E-state index in [0.717, 1.165) is 18.8 Å². The van der Waals surface area contributed by atoms with Gasteiger partial charge in [-0.1, -0.05) is 0 Å². The fraction of sp³-hybridized carbons (Fsp3) is 0.727. The van der Waals surface area contributed by atoms with Gasteiger partial charge in [-0.3, -0.25) is 20.4 Å². The lowest BCUT2D eigenvalue weighted by Gasteiger charge is -2.39. The first-order chi connectivity index (χ1) is 17.2. The molecule has 12 nitrogen and oxygen atoms in total. The Hall–Kier alpha value is -1.94. The first-order valence-electron chi connectivity index (χ1n) is 12.5. The van der Waals surface area contributed by atoms with E-state index in [2.05, 4.69) is 25.8 Å². The van der Waals surface area contributed by atoms with Crippen LogP contribution in [0.4, 0.5) is 15.8 Å². The van der Waals surface area contributed by atoms with E-state index >= 15 is 0 Å². The number of nitrogens with zero attached hydrogens (tertiary/aromatic N) is 4. The van der Waals surface area contributed by atoms with Crippen molar-refractivity contribution in [3.63, 3.8) is 0 Å². The molecule has 3 saturated heterocycles. The van der Waals surface area contributed by atoms with Gasteiger partial charge >= 0.3 is 0 Å². The molecule has 3 aliphatic heterocycles. The highest BCUT2D eigenvalue weighted by molar-refractivity contribution is 7.89. The highest BCUT2D eigenvalue weighted by Gasteiger charge is 2.37. The van der Waals surface area contributed by atoms with Crippen LogP contribution in [-0.4, -0.2) is 112 Å². The van der Waals surface area contributed by atoms with Crippen LogP contribution in [-0.2, 0) is 14.8 Å². The molecule has 1 aromatic heterocycles. The van der Waals surface area contributed by atoms with Crippen molar-refractivity contribution in [1.29, 1.82) is 0 Å². The first-order valence-corrected chi connectivity index (χ1v) is 14.0. The van der Waals surface area contributed by atoms with Crippen molar-refractivity contribution >= 4 is 27.3 Å². The third kappa shape index (κ3) is 6.13. The van der Waals surface area contributed by atoms with E-state index < -0.39 is 40.4 Å². The van der Waals surface area contributed by atoms with E-state index in [9.17, 15) is 17.6 Å². The van der Waals surface area contributed by atoms with Gasteiger partial charge in [0.1, 0.15) is 6.17 Å². The molecule has 4 heterocycles. The summed E-state index contributed by atoms with van der Waals surface area (Å²) in [5.41, 5.74) is 13.1. The summed E-state index contributed by atoms with van der Waals surface area (Å²) in [4.78, 5) is 21.5. The maximum Gasteiger partial charge on any atom is 0.233 e. The predicted molar refractivity (Wildman–Crippen MR) is 136 cm³/mol. The van der Waals surface area contributed by atoms with Gasteiger partial charge in [0.25, 0.3) is 0 Å². The summed E-state index contributed by atoms with van der Waals surface area (Å²) in [5.74, 6) is -1.26. The SMILES string of the molecule is CN1CCC(S(=O)(=O)N2CCN(c3ccncc3NC(=O)C(C(N)N)C3NCC(F)CN3)CC2)CC1. The number of carbonyl (C=O) groups is 1. The van der Waals surface area contributed by atoms with Crippen LogP contribution in [0.15, 0.2) is 18.5 Å². The summed E-state index contributed by atoms with van der Waals surface area (Å²) in [6, 6.07) is 1.79. The van der Waals surface area contributed by atoms with Crippen molar-refractivity contribution in [2.45, 2.75) is 36.6 Å². The molecule has 1 atom stereocenters. The standard InChI is InChI=1S/C22H38FN9O3S/c1-30-6-3-16(4-7-30)36(34,35)32-10-8-31(9-11-32)18-2-5-26-14-17(18)29-22(33)19(20(24)25)21-27-12-15(23)13-28-21/h2,5,14-16,19-21,27-28H,3-4,6-13,24-25H2,1H3,(H,29,33). The van der Waals surface area contributed by atoms with Gasteiger partial charge in [-0.05, 0) is 39.0 Å². The van der Waals surface area contributed by atoms with E-state index in [-0.39, 0.29) is 18.3 Å². The van der Waals surface area contributed by atoms with Gasteiger partial charge in [-0.2, -0.15) is 4.31 Å². The molecule has 1 amide bonds. The molecule has 3 aliphatic rings. The average Bonchev–Trinajstić information content (AvgIpc) is 2.86. The lowest BCUT2D eigenvalue weighted by molar-refractivity contribution is -0.122. The number of halogens is 1. The summed E-state index contributed by atoms with van der Waals surface area (Å²) < 4.78 is 41.5. The van der Waals surface area contributed by atoms with Gasteiger partial charge in [0.2, 0.25) is 15.9 Å². The van der Waals surface area contributed by atoms with Crippen LogP contribution >= 0.6 is 0 Å². The second-order valence-electron chi connectivity index (χ2n) is 9.81. The zero-order valence-electron chi connectivity index (χ0n) is 20.6. The molecule has 202 valence electrons. The number of carbonyl (C=O) groups excluding carboxylic acids is 1. The summed E-state index contributed by atoms with van der Waals surface area (Å²) in [5, 5.41) is 8.44. The summed E-state index contributed by atoms with van der Waals surface area (Å²) in [7, 11) is -1.34. The molecular weight excluding hydrogens is 489 g/mol. The number of rotatable bonds is 7. The fourth-order valence-corrected chi connectivity index (χ4v) is 7.01. The van der Waals surface area contributed by atoms with Gasteiger partial charge in [0.05, 0.1) is 41.1 Å². The summed E-state index contributed by atoms with van der Waals surface area (Å²) in [6.07, 6.45) is 1.90. The third-order valence-electron chi connectivity index (χ3n) is 7.28. The first kappa shape index (κ1) is 27.1. The number of hydrogen-bond donors (Lipinski definition) is 5. The van der Waals surface area contributed by atoms with Crippen molar-refractivity contribution in [1.82, 2.24) is 24.8 Å². The number of amides is 1. The Morgan fingerprint density at radius 2 is 1.78 bits per heavy atom. The van der Waals surface area contributed by atoms with Crippen molar-refractivity contribution < 1.29 is 17.6 Å². The number of sulfonamides is 1. The minimum atomic E-state index is -3.35. The van der Waals surface area contributed by atoms with Crippen LogP contribution < -0.4 is 32.3 Å². The molecule has 0 bridgehead atoms. The molecular formula is C22H38FN9O3S. The Kier molecular flexibility index (Phi) is 8.75. The lowest BCUT2D eigenvalue weighted by Crippen LogP contribution is -2.64.